The molecule has 0 saturated carbocycles. The van der Waals surface area contributed by atoms with Crippen molar-refractivity contribution in [3.63, 3.8) is 0 Å². The van der Waals surface area contributed by atoms with Crippen LogP contribution in [0.2, 0.25) is 5.02 Å². The Labute approximate surface area is 91.1 Å². The quantitative estimate of drug-likeness (QED) is 0.678. The Morgan fingerprint density at radius 1 is 1.33 bits per heavy atom. The molecule has 0 unspecified atom stereocenters. The molecule has 0 atom stereocenters. The number of alkyl halides is 3. The summed E-state index contributed by atoms with van der Waals surface area (Å²) in [7, 11) is 0. The van der Waals surface area contributed by atoms with E-state index < -0.39 is 11.7 Å². The lowest BCUT2D eigenvalue weighted by Gasteiger charge is -2.13. The van der Waals surface area contributed by atoms with E-state index >= 15 is 0 Å². The Bertz CT molecular complexity index is 388. The summed E-state index contributed by atoms with van der Waals surface area (Å²) < 4.78 is 37.6. The van der Waals surface area contributed by atoms with Crippen LogP contribution in [0.25, 0.3) is 0 Å². The van der Waals surface area contributed by atoms with Gasteiger partial charge in [0.1, 0.15) is 0 Å². The fourth-order valence-electron chi connectivity index (χ4n) is 1.28. The van der Waals surface area contributed by atoms with Gasteiger partial charge < -0.3 is 0 Å². The van der Waals surface area contributed by atoms with E-state index in [1.807, 2.05) is 0 Å². The van der Waals surface area contributed by atoms with Crippen LogP contribution in [-0.2, 0) is 12.6 Å². The Balaban J connectivity index is 3.16. The summed E-state index contributed by atoms with van der Waals surface area (Å²) >= 11 is 5.70. The molecule has 0 heterocycles. The predicted octanol–water partition coefficient (Wildman–Crippen LogP) is 3.92. The van der Waals surface area contributed by atoms with Gasteiger partial charge in [0.15, 0.2) is 0 Å². The summed E-state index contributed by atoms with van der Waals surface area (Å²) in [6.45, 7) is 0. The maximum Gasteiger partial charge on any atom is 0.416 e. The van der Waals surface area contributed by atoms with E-state index in [0.717, 1.165) is 6.07 Å². The molecule has 1 aromatic carbocycles. The second-order valence-electron chi connectivity index (χ2n) is 2.97. The molecular formula is C11H8ClF3. The summed E-state index contributed by atoms with van der Waals surface area (Å²) in [6, 6.07) is 3.73. The summed E-state index contributed by atoms with van der Waals surface area (Å²) in [5.74, 6) is 2.30. The number of hydrogen-bond acceptors (Lipinski definition) is 0. The highest BCUT2D eigenvalue weighted by Crippen LogP contribution is 2.35. The molecule has 0 aliphatic rings. The third-order valence-electron chi connectivity index (χ3n) is 1.94. The molecule has 4 heteroatoms. The maximum atomic E-state index is 12.5. The third-order valence-corrected chi connectivity index (χ3v) is 2.30. The van der Waals surface area contributed by atoms with Gasteiger partial charge in [0.2, 0.25) is 0 Å². The molecule has 0 nitrogen and oxygen atoms in total. The van der Waals surface area contributed by atoms with E-state index in [1.54, 1.807) is 0 Å². The van der Waals surface area contributed by atoms with Gasteiger partial charge in [-0.15, -0.1) is 12.3 Å². The highest BCUT2D eigenvalue weighted by Gasteiger charge is 2.33. The lowest BCUT2D eigenvalue weighted by atomic mass is 10.0. The fourth-order valence-corrected chi connectivity index (χ4v) is 1.54. The normalized spacial score (nSPS) is 11.1. The van der Waals surface area contributed by atoms with Crippen LogP contribution in [0.1, 0.15) is 17.5 Å². The van der Waals surface area contributed by atoms with Gasteiger partial charge >= 0.3 is 6.18 Å². The first-order valence-corrected chi connectivity index (χ1v) is 4.62. The van der Waals surface area contributed by atoms with Crippen LogP contribution in [0.3, 0.4) is 0 Å². The van der Waals surface area contributed by atoms with E-state index in [1.165, 1.54) is 12.1 Å². The molecule has 0 spiro atoms. The zero-order valence-electron chi connectivity index (χ0n) is 7.74. The molecule has 1 aromatic rings. The minimum Gasteiger partial charge on any atom is -0.166 e. The van der Waals surface area contributed by atoms with Gasteiger partial charge in [-0.1, -0.05) is 17.7 Å². The number of benzene rings is 1. The minimum atomic E-state index is -4.38. The molecule has 0 bridgehead atoms. The van der Waals surface area contributed by atoms with E-state index in [9.17, 15) is 13.2 Å². The second kappa shape index (κ2) is 4.59. The molecule has 0 aromatic heterocycles. The SMILES string of the molecule is C#CCCc1c(Cl)cccc1C(F)(F)F. The zero-order chi connectivity index (χ0) is 11.5. The predicted molar refractivity (Wildman–Crippen MR) is 53.6 cm³/mol. The highest BCUT2D eigenvalue weighted by atomic mass is 35.5. The number of terminal acetylenes is 1. The van der Waals surface area contributed by atoms with Crippen molar-refractivity contribution in [1.29, 1.82) is 0 Å². The minimum absolute atomic E-state index is 0.0737. The molecule has 1 rings (SSSR count). The summed E-state index contributed by atoms with van der Waals surface area (Å²) in [4.78, 5) is 0. The molecule has 15 heavy (non-hydrogen) atoms. The maximum absolute atomic E-state index is 12.5. The first kappa shape index (κ1) is 11.9. The van der Waals surface area contributed by atoms with Gasteiger partial charge in [-0.2, -0.15) is 13.2 Å². The average molecular weight is 233 g/mol. The largest absolute Gasteiger partial charge is 0.416 e. The highest BCUT2D eigenvalue weighted by molar-refractivity contribution is 6.31. The van der Waals surface area contributed by atoms with E-state index in [2.05, 4.69) is 5.92 Å². The van der Waals surface area contributed by atoms with Gasteiger partial charge in [-0.25, -0.2) is 0 Å². The zero-order valence-corrected chi connectivity index (χ0v) is 8.49. The van der Waals surface area contributed by atoms with Crippen molar-refractivity contribution in [2.45, 2.75) is 19.0 Å². The van der Waals surface area contributed by atoms with E-state index in [-0.39, 0.29) is 23.4 Å². The van der Waals surface area contributed by atoms with Crippen molar-refractivity contribution in [2.75, 3.05) is 0 Å². The molecule has 80 valence electrons. The number of halogens is 4. The van der Waals surface area contributed by atoms with Crippen LogP contribution in [0.15, 0.2) is 18.2 Å². The monoisotopic (exact) mass is 232 g/mol. The summed E-state index contributed by atoms with van der Waals surface area (Å²) in [6.07, 6.45) is 1.02. The standard InChI is InChI=1S/C11H8ClF3/c1-2-3-5-8-9(11(13,14)15)6-4-7-10(8)12/h1,4,6-7H,3,5H2. The van der Waals surface area contributed by atoms with Crippen LogP contribution in [0.5, 0.6) is 0 Å². The van der Waals surface area contributed by atoms with Crippen molar-refractivity contribution < 1.29 is 13.2 Å². The van der Waals surface area contributed by atoms with Gasteiger partial charge in [0.05, 0.1) is 5.56 Å². The van der Waals surface area contributed by atoms with Crippen LogP contribution in [0.4, 0.5) is 13.2 Å². The Morgan fingerprint density at radius 2 is 2.00 bits per heavy atom. The van der Waals surface area contributed by atoms with Crippen molar-refractivity contribution in [2.24, 2.45) is 0 Å². The molecule has 0 fully saturated rings. The van der Waals surface area contributed by atoms with Crippen molar-refractivity contribution in [3.05, 3.63) is 34.3 Å². The van der Waals surface area contributed by atoms with Crippen molar-refractivity contribution >= 4 is 11.6 Å². The average Bonchev–Trinajstić information content (AvgIpc) is 2.14. The van der Waals surface area contributed by atoms with Crippen LogP contribution >= 0.6 is 11.6 Å². The first-order chi connectivity index (χ1) is 6.96. The third kappa shape index (κ3) is 2.90. The molecular weight excluding hydrogens is 225 g/mol. The Morgan fingerprint density at radius 3 is 2.53 bits per heavy atom. The van der Waals surface area contributed by atoms with E-state index in [0.29, 0.717) is 0 Å². The van der Waals surface area contributed by atoms with Crippen LogP contribution in [0, 0.1) is 12.3 Å². The molecule has 0 aliphatic heterocycles. The Hall–Kier alpha value is -1.14. The molecule has 0 saturated heterocycles. The smallest absolute Gasteiger partial charge is 0.166 e. The molecule has 0 amide bonds. The second-order valence-corrected chi connectivity index (χ2v) is 3.38. The fraction of sp³-hybridized carbons (Fsp3) is 0.273. The Kier molecular flexibility index (Phi) is 3.65. The van der Waals surface area contributed by atoms with Gasteiger partial charge in [0, 0.05) is 11.4 Å². The van der Waals surface area contributed by atoms with Crippen molar-refractivity contribution in [1.82, 2.24) is 0 Å². The number of hydrogen-bond donors (Lipinski definition) is 0. The first-order valence-electron chi connectivity index (χ1n) is 4.25. The summed E-state index contributed by atoms with van der Waals surface area (Å²) in [5.41, 5.74) is -0.630. The summed E-state index contributed by atoms with van der Waals surface area (Å²) in [5, 5.41) is 0.111. The lowest BCUT2D eigenvalue weighted by Crippen LogP contribution is -2.09. The van der Waals surface area contributed by atoms with Gasteiger partial charge in [-0.3, -0.25) is 0 Å². The molecule has 0 radical (unpaired) electrons. The van der Waals surface area contributed by atoms with Gasteiger partial charge in [-0.05, 0) is 24.1 Å². The lowest BCUT2D eigenvalue weighted by molar-refractivity contribution is -0.138. The van der Waals surface area contributed by atoms with E-state index in [4.69, 9.17) is 18.0 Å². The number of rotatable bonds is 2. The van der Waals surface area contributed by atoms with Crippen molar-refractivity contribution in [3.8, 4) is 12.3 Å². The van der Waals surface area contributed by atoms with Crippen LogP contribution < -0.4 is 0 Å². The topological polar surface area (TPSA) is 0 Å². The molecule has 0 N–H and O–H groups in total. The van der Waals surface area contributed by atoms with Gasteiger partial charge in [0.25, 0.3) is 0 Å². The molecule has 0 aliphatic carbocycles. The van der Waals surface area contributed by atoms with Crippen LogP contribution in [-0.4, -0.2) is 0 Å².